The summed E-state index contributed by atoms with van der Waals surface area (Å²) in [5.74, 6) is -0.336. The Labute approximate surface area is 218 Å². The van der Waals surface area contributed by atoms with Gasteiger partial charge in [-0.05, 0) is 50.5 Å². The van der Waals surface area contributed by atoms with Crippen LogP contribution in [0.25, 0.3) is 0 Å². The van der Waals surface area contributed by atoms with Crippen LogP contribution in [0.5, 0.6) is 11.5 Å². The first-order valence-electron chi connectivity index (χ1n) is 12.3. The predicted octanol–water partition coefficient (Wildman–Crippen LogP) is 4.53. The van der Waals surface area contributed by atoms with Crippen molar-refractivity contribution in [2.75, 3.05) is 26.8 Å². The van der Waals surface area contributed by atoms with Gasteiger partial charge in [0.25, 0.3) is 0 Å². The number of unbranched alkanes of at least 4 members (excludes halogenated alkanes) is 1. The molecule has 9 heteroatoms. The van der Waals surface area contributed by atoms with E-state index in [9.17, 15) is 20.6 Å². The number of allylic oxidation sites excluding steroid dienone is 2. The van der Waals surface area contributed by atoms with E-state index in [-0.39, 0.29) is 24.4 Å². The van der Waals surface area contributed by atoms with Crippen LogP contribution in [0.2, 0.25) is 0 Å². The molecule has 0 spiro atoms. The van der Waals surface area contributed by atoms with Crippen molar-refractivity contribution in [2.24, 2.45) is 17.1 Å². The number of benzene rings is 1. The number of rotatable bonds is 6. The molecule has 2 N–H and O–H groups in total. The van der Waals surface area contributed by atoms with E-state index in [1.807, 2.05) is 0 Å². The summed E-state index contributed by atoms with van der Waals surface area (Å²) in [5.41, 5.74) is 5.13. The van der Waals surface area contributed by atoms with Gasteiger partial charge in [0.1, 0.15) is 11.7 Å². The molecule has 0 fully saturated rings. The smallest absolute Gasteiger partial charge is 0.410 e. The Morgan fingerprint density at radius 2 is 1.92 bits per heavy atom. The summed E-state index contributed by atoms with van der Waals surface area (Å²) in [5, 5.41) is 30.6. The van der Waals surface area contributed by atoms with Crippen molar-refractivity contribution in [2.45, 2.75) is 52.1 Å². The molecule has 2 atom stereocenters. The van der Waals surface area contributed by atoms with Gasteiger partial charge in [0.05, 0.1) is 37.1 Å². The fourth-order valence-corrected chi connectivity index (χ4v) is 4.86. The van der Waals surface area contributed by atoms with Gasteiger partial charge in [0.15, 0.2) is 16.9 Å². The molecule has 0 saturated heterocycles. The van der Waals surface area contributed by atoms with Crippen molar-refractivity contribution in [1.82, 2.24) is 4.90 Å². The molecule has 0 radical (unpaired) electrons. The minimum Gasteiger partial charge on any atom is -0.493 e. The van der Waals surface area contributed by atoms with Gasteiger partial charge in [0.2, 0.25) is 0 Å². The van der Waals surface area contributed by atoms with Crippen molar-refractivity contribution in [3.8, 4) is 29.7 Å². The second-order valence-electron chi connectivity index (χ2n) is 10.2. The van der Waals surface area contributed by atoms with Crippen molar-refractivity contribution in [1.29, 1.82) is 15.8 Å². The van der Waals surface area contributed by atoms with Gasteiger partial charge in [-0.3, -0.25) is 0 Å². The Bertz CT molecular complexity index is 1220. The molecule has 1 aliphatic heterocycles. The quantitative estimate of drug-likeness (QED) is 0.557. The maximum Gasteiger partial charge on any atom is 0.410 e. The topological polar surface area (TPSA) is 145 Å². The van der Waals surface area contributed by atoms with E-state index < -0.39 is 28.9 Å². The third-order valence-corrected chi connectivity index (χ3v) is 6.62. The second kappa shape index (κ2) is 10.8. The monoisotopic (exact) mass is 503 g/mol. The number of amides is 1. The van der Waals surface area contributed by atoms with Crippen molar-refractivity contribution in [3.63, 3.8) is 0 Å². The fourth-order valence-electron chi connectivity index (χ4n) is 4.86. The minimum atomic E-state index is -1.83. The van der Waals surface area contributed by atoms with Gasteiger partial charge < -0.3 is 24.8 Å². The first kappa shape index (κ1) is 27.4. The number of hydrogen-bond donors (Lipinski definition) is 1. The molecular formula is C28H33N5O4. The molecule has 1 aliphatic carbocycles. The van der Waals surface area contributed by atoms with E-state index in [0.717, 1.165) is 12.8 Å². The largest absolute Gasteiger partial charge is 0.493 e. The minimum absolute atomic E-state index is 0.0829. The Balaban J connectivity index is 2.16. The van der Waals surface area contributed by atoms with Crippen molar-refractivity contribution in [3.05, 3.63) is 46.7 Å². The van der Waals surface area contributed by atoms with Gasteiger partial charge >= 0.3 is 6.09 Å². The molecule has 0 bridgehead atoms. The molecule has 3 rings (SSSR count). The number of hydrogen-bond acceptors (Lipinski definition) is 8. The standard InChI is InChI=1S/C28H33N5O4/c1-6-7-12-36-22-9-8-18(13-23(22)35-5)24-21-15-33(26(34)37-27(2,3)4)11-10-19(21)20(14-29)25(32)28(24,16-30)17-31/h8-10,13,21,24H,6-7,11-12,15,32H2,1-5H3/t21-,24+/m1/s1. The molecule has 1 amide bonds. The lowest BCUT2D eigenvalue weighted by Gasteiger charge is -2.45. The zero-order valence-electron chi connectivity index (χ0n) is 22.0. The van der Waals surface area contributed by atoms with Crippen LogP contribution in [0.1, 0.15) is 52.0 Å². The summed E-state index contributed by atoms with van der Waals surface area (Å²) < 4.78 is 17.0. The molecule has 194 valence electrons. The van der Waals surface area contributed by atoms with Crippen molar-refractivity contribution >= 4 is 6.09 Å². The first-order chi connectivity index (χ1) is 17.6. The maximum atomic E-state index is 12.9. The number of carbonyl (C=O) groups excluding carboxylic acids is 1. The molecule has 0 aromatic heterocycles. The number of methoxy groups -OCH3 is 1. The third-order valence-electron chi connectivity index (χ3n) is 6.62. The highest BCUT2D eigenvalue weighted by Crippen LogP contribution is 2.55. The van der Waals surface area contributed by atoms with Crippen LogP contribution in [0.15, 0.2) is 41.1 Å². The number of nitriles is 3. The lowest BCUT2D eigenvalue weighted by molar-refractivity contribution is 0.0224. The third kappa shape index (κ3) is 5.20. The Morgan fingerprint density at radius 1 is 1.22 bits per heavy atom. The number of nitrogens with zero attached hydrogens (tertiary/aromatic N) is 4. The maximum absolute atomic E-state index is 12.9. The van der Waals surface area contributed by atoms with Crippen LogP contribution in [-0.4, -0.2) is 43.4 Å². The highest BCUT2D eigenvalue weighted by molar-refractivity contribution is 5.70. The van der Waals surface area contributed by atoms with E-state index in [0.29, 0.717) is 29.2 Å². The van der Waals surface area contributed by atoms with Crippen LogP contribution in [0.3, 0.4) is 0 Å². The molecule has 0 saturated carbocycles. The van der Waals surface area contributed by atoms with Crippen LogP contribution < -0.4 is 15.2 Å². The molecule has 1 aromatic carbocycles. The van der Waals surface area contributed by atoms with Crippen LogP contribution in [-0.2, 0) is 4.74 Å². The Hall–Kier alpha value is -4.16. The van der Waals surface area contributed by atoms with E-state index in [2.05, 4.69) is 25.1 Å². The Morgan fingerprint density at radius 3 is 2.49 bits per heavy atom. The lowest BCUT2D eigenvalue weighted by atomic mass is 9.58. The SMILES string of the molecule is CCCCOc1ccc([C@H]2[C@@H]3CN(C(=O)OC(C)(C)C)CC=C3C(C#N)=C(N)C2(C#N)C#N)cc1OC. The summed E-state index contributed by atoms with van der Waals surface area (Å²) in [6.45, 7) is 8.30. The highest BCUT2D eigenvalue weighted by Gasteiger charge is 2.55. The number of nitrogens with two attached hydrogens (primary N) is 1. The van der Waals surface area contributed by atoms with E-state index in [1.165, 1.54) is 12.0 Å². The molecule has 37 heavy (non-hydrogen) atoms. The van der Waals surface area contributed by atoms with Gasteiger partial charge in [-0.1, -0.05) is 25.5 Å². The van der Waals surface area contributed by atoms with Gasteiger partial charge in [-0.25, -0.2) is 4.79 Å². The highest BCUT2D eigenvalue weighted by atomic mass is 16.6. The molecule has 9 nitrogen and oxygen atoms in total. The molecule has 1 heterocycles. The van der Waals surface area contributed by atoms with Crippen LogP contribution >= 0.6 is 0 Å². The summed E-state index contributed by atoms with van der Waals surface area (Å²) in [6, 6.07) is 11.6. The molecular weight excluding hydrogens is 470 g/mol. The second-order valence-corrected chi connectivity index (χ2v) is 10.2. The predicted molar refractivity (Wildman–Crippen MR) is 136 cm³/mol. The molecule has 0 unspecified atom stereocenters. The fraction of sp³-hybridized carbons (Fsp3) is 0.500. The number of fused-ring (bicyclic) bond motifs is 1. The lowest BCUT2D eigenvalue weighted by Crippen LogP contribution is -2.50. The van der Waals surface area contributed by atoms with Crippen LogP contribution in [0.4, 0.5) is 4.79 Å². The number of carbonyl (C=O) groups is 1. The summed E-state index contributed by atoms with van der Waals surface area (Å²) >= 11 is 0. The summed E-state index contributed by atoms with van der Waals surface area (Å²) in [6.07, 6.45) is 3.11. The zero-order chi connectivity index (χ0) is 27.4. The van der Waals surface area contributed by atoms with Gasteiger partial charge in [-0.2, -0.15) is 15.8 Å². The van der Waals surface area contributed by atoms with E-state index >= 15 is 0 Å². The van der Waals surface area contributed by atoms with Gasteiger partial charge in [0, 0.05) is 24.9 Å². The van der Waals surface area contributed by atoms with Gasteiger partial charge in [-0.15, -0.1) is 0 Å². The average Bonchev–Trinajstić information content (AvgIpc) is 2.87. The van der Waals surface area contributed by atoms with Crippen LogP contribution in [0, 0.1) is 45.3 Å². The number of ether oxygens (including phenoxy) is 3. The molecule has 1 aromatic rings. The summed E-state index contributed by atoms with van der Waals surface area (Å²) in [4.78, 5) is 14.4. The van der Waals surface area contributed by atoms with Crippen molar-refractivity contribution < 1.29 is 19.0 Å². The summed E-state index contributed by atoms with van der Waals surface area (Å²) in [7, 11) is 1.52. The first-order valence-corrected chi connectivity index (χ1v) is 12.3. The van der Waals surface area contributed by atoms with E-state index in [1.54, 1.807) is 45.0 Å². The van der Waals surface area contributed by atoms with E-state index in [4.69, 9.17) is 19.9 Å². The Kier molecular flexibility index (Phi) is 8.04. The normalized spacial score (nSPS) is 20.5. The average molecular weight is 504 g/mol. The molecule has 2 aliphatic rings. The zero-order valence-corrected chi connectivity index (χ0v) is 22.0.